The topological polar surface area (TPSA) is 109 Å². The third-order valence-electron chi connectivity index (χ3n) is 5.20. The first-order valence-corrected chi connectivity index (χ1v) is 9.25. The summed E-state index contributed by atoms with van der Waals surface area (Å²) in [6, 6.07) is 7.01. The van der Waals surface area contributed by atoms with Gasteiger partial charge in [-0.05, 0) is 54.8 Å². The maximum Gasteiger partial charge on any atom is 0.231 e. The highest BCUT2D eigenvalue weighted by molar-refractivity contribution is 5.66. The third kappa shape index (κ3) is 3.99. The second-order valence-corrected chi connectivity index (χ2v) is 7.42. The molecule has 1 heterocycles. The standard InChI is InChI=1S/C21H24F2O7/c1-10-6-11(12-7-13(22)18(28-3)14(23)8-12)4-5-15(10)29-20-21(2,27)19(26)17(25)16(9-24)30-20/h4-8,16-17,19-20,24-27H,9H2,1-3H3/t16-,17-,19+,20+,21+/m1/s1. The van der Waals surface area contributed by atoms with E-state index >= 15 is 0 Å². The average Bonchev–Trinajstić information content (AvgIpc) is 2.69. The number of ether oxygens (including phenoxy) is 3. The summed E-state index contributed by atoms with van der Waals surface area (Å²) in [5.41, 5.74) is -0.594. The van der Waals surface area contributed by atoms with Gasteiger partial charge >= 0.3 is 0 Å². The van der Waals surface area contributed by atoms with Crippen molar-refractivity contribution in [3.05, 3.63) is 47.5 Å². The highest BCUT2D eigenvalue weighted by Crippen LogP contribution is 2.35. The Kier molecular flexibility index (Phi) is 6.30. The minimum Gasteiger partial charge on any atom is -0.491 e. The number of benzene rings is 2. The fraction of sp³-hybridized carbons (Fsp3) is 0.429. The van der Waals surface area contributed by atoms with Gasteiger partial charge in [0.25, 0.3) is 0 Å². The molecular formula is C21H24F2O7. The number of halogens is 2. The maximum absolute atomic E-state index is 14.0. The number of rotatable bonds is 5. The molecule has 1 saturated heterocycles. The lowest BCUT2D eigenvalue weighted by molar-refractivity contribution is -0.314. The van der Waals surface area contributed by atoms with E-state index in [1.165, 1.54) is 20.1 Å². The van der Waals surface area contributed by atoms with Crippen molar-refractivity contribution < 1.29 is 43.4 Å². The van der Waals surface area contributed by atoms with Crippen molar-refractivity contribution in [3.63, 3.8) is 0 Å². The van der Waals surface area contributed by atoms with Crippen molar-refractivity contribution in [2.24, 2.45) is 0 Å². The summed E-state index contributed by atoms with van der Waals surface area (Å²) in [5.74, 6) is -1.86. The predicted octanol–water partition coefficient (Wildman–Crippen LogP) is 1.52. The number of hydrogen-bond acceptors (Lipinski definition) is 7. The van der Waals surface area contributed by atoms with Gasteiger partial charge in [0, 0.05) is 0 Å². The van der Waals surface area contributed by atoms with E-state index in [0.29, 0.717) is 16.7 Å². The molecule has 7 nitrogen and oxygen atoms in total. The molecular weight excluding hydrogens is 402 g/mol. The van der Waals surface area contributed by atoms with E-state index in [1.807, 2.05) is 0 Å². The molecule has 1 aliphatic heterocycles. The smallest absolute Gasteiger partial charge is 0.231 e. The number of aliphatic hydroxyl groups is 4. The first kappa shape index (κ1) is 22.4. The van der Waals surface area contributed by atoms with Crippen LogP contribution in [0, 0.1) is 18.6 Å². The van der Waals surface area contributed by atoms with E-state index in [1.54, 1.807) is 19.1 Å². The predicted molar refractivity (Wildman–Crippen MR) is 102 cm³/mol. The van der Waals surface area contributed by atoms with Crippen molar-refractivity contribution in [1.29, 1.82) is 0 Å². The summed E-state index contributed by atoms with van der Waals surface area (Å²) in [7, 11) is 1.18. The molecule has 0 radical (unpaired) electrons. The Bertz CT molecular complexity index is 895. The van der Waals surface area contributed by atoms with Gasteiger partial charge in [-0.25, -0.2) is 8.78 Å². The van der Waals surface area contributed by atoms with Crippen LogP contribution in [0.3, 0.4) is 0 Å². The Morgan fingerprint density at radius 1 is 1.10 bits per heavy atom. The van der Waals surface area contributed by atoms with Crippen LogP contribution in [0.5, 0.6) is 11.5 Å². The molecule has 30 heavy (non-hydrogen) atoms. The zero-order valence-corrected chi connectivity index (χ0v) is 16.7. The molecule has 2 aromatic rings. The lowest BCUT2D eigenvalue weighted by Gasteiger charge is -2.45. The minimum atomic E-state index is -1.96. The van der Waals surface area contributed by atoms with E-state index in [-0.39, 0.29) is 5.75 Å². The van der Waals surface area contributed by atoms with Gasteiger partial charge in [-0.2, -0.15) is 0 Å². The van der Waals surface area contributed by atoms with Gasteiger partial charge in [0.15, 0.2) is 23.0 Å². The molecule has 1 aliphatic rings. The van der Waals surface area contributed by atoms with E-state index in [9.17, 15) is 29.2 Å². The van der Waals surface area contributed by atoms with Crippen LogP contribution in [-0.2, 0) is 4.74 Å². The van der Waals surface area contributed by atoms with Gasteiger partial charge in [-0.15, -0.1) is 0 Å². The molecule has 5 atom stereocenters. The van der Waals surface area contributed by atoms with Gasteiger partial charge < -0.3 is 34.6 Å². The third-order valence-corrected chi connectivity index (χ3v) is 5.20. The minimum absolute atomic E-state index is 0.277. The summed E-state index contributed by atoms with van der Waals surface area (Å²) in [6.07, 6.45) is -5.63. The molecule has 0 unspecified atom stereocenters. The molecule has 3 rings (SSSR count). The summed E-state index contributed by atoms with van der Waals surface area (Å²) >= 11 is 0. The molecule has 0 spiro atoms. The molecule has 0 aromatic heterocycles. The van der Waals surface area contributed by atoms with Crippen LogP contribution in [0.4, 0.5) is 8.78 Å². The van der Waals surface area contributed by atoms with Crippen LogP contribution in [0.2, 0.25) is 0 Å². The maximum atomic E-state index is 14.0. The van der Waals surface area contributed by atoms with Gasteiger partial charge in [-0.1, -0.05) is 6.07 Å². The average molecular weight is 426 g/mol. The van der Waals surface area contributed by atoms with E-state index < -0.39 is 54.2 Å². The Labute approximate surface area is 172 Å². The van der Waals surface area contributed by atoms with Crippen LogP contribution in [0.25, 0.3) is 11.1 Å². The lowest BCUT2D eigenvalue weighted by atomic mass is 9.88. The molecule has 0 amide bonds. The van der Waals surface area contributed by atoms with Gasteiger partial charge in [0.1, 0.15) is 24.1 Å². The summed E-state index contributed by atoms with van der Waals surface area (Å²) in [6.45, 7) is 2.34. The second-order valence-electron chi connectivity index (χ2n) is 7.42. The summed E-state index contributed by atoms with van der Waals surface area (Å²) in [4.78, 5) is 0. The Morgan fingerprint density at radius 2 is 1.73 bits per heavy atom. The first-order chi connectivity index (χ1) is 14.1. The van der Waals surface area contributed by atoms with Gasteiger partial charge in [-0.3, -0.25) is 0 Å². The lowest BCUT2D eigenvalue weighted by Crippen LogP contribution is -2.66. The van der Waals surface area contributed by atoms with Crippen LogP contribution >= 0.6 is 0 Å². The Hall–Kier alpha value is -2.30. The van der Waals surface area contributed by atoms with Crippen molar-refractivity contribution in [1.82, 2.24) is 0 Å². The highest BCUT2D eigenvalue weighted by Gasteiger charge is 2.53. The fourth-order valence-corrected chi connectivity index (χ4v) is 3.36. The number of hydrogen-bond donors (Lipinski definition) is 4. The van der Waals surface area contributed by atoms with Crippen molar-refractivity contribution in [2.45, 2.75) is 44.1 Å². The highest BCUT2D eigenvalue weighted by atomic mass is 19.1. The SMILES string of the molecule is COc1c(F)cc(-c2ccc(O[C@H]3O[C@H](CO)[C@@H](O)[C@H](O)[C@]3(C)O)c(C)c2)cc1F. The molecule has 9 heteroatoms. The second kappa shape index (κ2) is 8.44. The van der Waals surface area contributed by atoms with E-state index in [0.717, 1.165) is 12.1 Å². The molecule has 1 fully saturated rings. The van der Waals surface area contributed by atoms with Crippen molar-refractivity contribution >= 4 is 0 Å². The zero-order chi connectivity index (χ0) is 22.2. The summed E-state index contributed by atoms with van der Waals surface area (Å²) in [5, 5.41) is 40.0. The van der Waals surface area contributed by atoms with Crippen molar-refractivity contribution in [2.75, 3.05) is 13.7 Å². The normalized spacial score (nSPS) is 29.0. The Balaban J connectivity index is 1.87. The molecule has 0 saturated carbocycles. The quantitative estimate of drug-likeness (QED) is 0.574. The van der Waals surface area contributed by atoms with E-state index in [2.05, 4.69) is 4.74 Å². The van der Waals surface area contributed by atoms with Crippen LogP contribution in [0.1, 0.15) is 12.5 Å². The molecule has 0 aliphatic carbocycles. The number of aliphatic hydroxyl groups excluding tert-OH is 3. The van der Waals surface area contributed by atoms with Gasteiger partial charge in [0.05, 0.1) is 13.7 Å². The van der Waals surface area contributed by atoms with Gasteiger partial charge in [0.2, 0.25) is 6.29 Å². The molecule has 2 aromatic carbocycles. The molecule has 0 bridgehead atoms. The monoisotopic (exact) mass is 426 g/mol. The van der Waals surface area contributed by atoms with Crippen molar-refractivity contribution in [3.8, 4) is 22.6 Å². The van der Waals surface area contributed by atoms with E-state index in [4.69, 9.17) is 9.47 Å². The number of aryl methyl sites for hydroxylation is 1. The molecule has 164 valence electrons. The van der Waals surface area contributed by atoms with Crippen LogP contribution in [0.15, 0.2) is 30.3 Å². The number of methoxy groups -OCH3 is 1. The summed E-state index contributed by atoms with van der Waals surface area (Å²) < 4.78 is 43.8. The fourth-order valence-electron chi connectivity index (χ4n) is 3.36. The Morgan fingerprint density at radius 3 is 2.27 bits per heavy atom. The van der Waals surface area contributed by atoms with Crippen LogP contribution < -0.4 is 9.47 Å². The first-order valence-electron chi connectivity index (χ1n) is 9.25. The zero-order valence-electron chi connectivity index (χ0n) is 16.7. The molecule has 4 N–H and O–H groups in total. The largest absolute Gasteiger partial charge is 0.491 e. The van der Waals surface area contributed by atoms with Crippen LogP contribution in [-0.4, -0.2) is 64.3 Å².